The summed E-state index contributed by atoms with van der Waals surface area (Å²) in [4.78, 5) is 10.5. The zero-order valence-electron chi connectivity index (χ0n) is 10.4. The largest absolute Gasteiger partial charge is 0.478 e. The molecular weight excluding hydrogens is 299 g/mol. The maximum Gasteiger partial charge on any atom is 0.402 e. The number of carbonyl (C=O) groups is 1. The lowest BCUT2D eigenvalue weighted by Gasteiger charge is -2.11. The van der Waals surface area contributed by atoms with Gasteiger partial charge in [-0.05, 0) is 24.1 Å². The fraction of sp³-hybridized carbons (Fsp3) is 0.364. The van der Waals surface area contributed by atoms with Crippen LogP contribution in [0.4, 0.5) is 13.2 Å². The zero-order chi connectivity index (χ0) is 15.6. The maximum absolute atomic E-state index is 12.0. The highest BCUT2D eigenvalue weighted by Crippen LogP contribution is 2.19. The van der Waals surface area contributed by atoms with E-state index in [-0.39, 0.29) is 5.56 Å². The van der Waals surface area contributed by atoms with Crippen LogP contribution in [0.1, 0.15) is 22.8 Å². The van der Waals surface area contributed by atoms with Crippen molar-refractivity contribution in [2.45, 2.75) is 24.4 Å². The van der Waals surface area contributed by atoms with Gasteiger partial charge in [-0.25, -0.2) is 17.9 Å². The lowest BCUT2D eigenvalue weighted by Crippen LogP contribution is -2.33. The number of benzene rings is 1. The Labute approximate surface area is 113 Å². The Hall–Kier alpha value is -1.61. The normalized spacial score (nSPS) is 12.4. The molecule has 0 spiro atoms. The van der Waals surface area contributed by atoms with Crippen LogP contribution in [0, 0.1) is 0 Å². The van der Waals surface area contributed by atoms with Crippen LogP contribution in [0.15, 0.2) is 23.1 Å². The van der Waals surface area contributed by atoms with Crippen molar-refractivity contribution in [3.05, 3.63) is 29.3 Å². The molecule has 0 fully saturated rings. The Morgan fingerprint density at radius 3 is 2.40 bits per heavy atom. The van der Waals surface area contributed by atoms with Crippen molar-refractivity contribution in [1.29, 1.82) is 0 Å². The molecule has 0 aliphatic heterocycles. The predicted octanol–water partition coefficient (Wildman–Crippen LogP) is 1.79. The van der Waals surface area contributed by atoms with E-state index in [1.807, 2.05) is 0 Å². The van der Waals surface area contributed by atoms with Crippen molar-refractivity contribution in [3.8, 4) is 0 Å². The summed E-state index contributed by atoms with van der Waals surface area (Å²) in [5, 5.41) is 8.95. The van der Waals surface area contributed by atoms with Crippen LogP contribution in [-0.2, 0) is 16.4 Å². The van der Waals surface area contributed by atoms with Gasteiger partial charge >= 0.3 is 12.1 Å². The number of hydrogen-bond acceptors (Lipinski definition) is 3. The topological polar surface area (TPSA) is 83.5 Å². The van der Waals surface area contributed by atoms with Gasteiger partial charge in [0.25, 0.3) is 0 Å². The summed E-state index contributed by atoms with van der Waals surface area (Å²) < 4.78 is 60.7. The summed E-state index contributed by atoms with van der Waals surface area (Å²) in [5.74, 6) is -1.34. The summed E-state index contributed by atoms with van der Waals surface area (Å²) in [7, 11) is -4.41. The molecule has 0 bridgehead atoms. The van der Waals surface area contributed by atoms with E-state index in [9.17, 15) is 26.4 Å². The SMILES string of the molecule is CCc1ccc(S(=O)(=O)NCC(F)(F)F)cc1C(=O)O. The lowest BCUT2D eigenvalue weighted by atomic mass is 10.1. The highest BCUT2D eigenvalue weighted by molar-refractivity contribution is 7.89. The minimum atomic E-state index is -4.69. The van der Waals surface area contributed by atoms with Crippen molar-refractivity contribution in [3.63, 3.8) is 0 Å². The summed E-state index contributed by atoms with van der Waals surface area (Å²) >= 11 is 0. The Kier molecular flexibility index (Phi) is 4.77. The fourth-order valence-corrected chi connectivity index (χ4v) is 2.53. The van der Waals surface area contributed by atoms with Crippen LogP contribution >= 0.6 is 0 Å². The second-order valence-corrected chi connectivity index (χ2v) is 5.68. The number of hydrogen-bond donors (Lipinski definition) is 2. The molecule has 0 saturated carbocycles. The number of carboxylic acids is 1. The van der Waals surface area contributed by atoms with Crippen LogP contribution in [0.25, 0.3) is 0 Å². The van der Waals surface area contributed by atoms with Crippen molar-refractivity contribution in [2.75, 3.05) is 6.54 Å². The van der Waals surface area contributed by atoms with E-state index < -0.39 is 33.6 Å². The molecule has 5 nitrogen and oxygen atoms in total. The molecule has 9 heteroatoms. The monoisotopic (exact) mass is 311 g/mol. The predicted molar refractivity (Wildman–Crippen MR) is 64.0 cm³/mol. The maximum atomic E-state index is 12.0. The lowest BCUT2D eigenvalue weighted by molar-refractivity contribution is -0.121. The number of alkyl halides is 3. The third kappa shape index (κ3) is 4.20. The number of aromatic carboxylic acids is 1. The van der Waals surface area contributed by atoms with Crippen molar-refractivity contribution in [2.24, 2.45) is 0 Å². The van der Waals surface area contributed by atoms with E-state index in [1.165, 1.54) is 10.8 Å². The van der Waals surface area contributed by atoms with Gasteiger partial charge in [0.2, 0.25) is 10.0 Å². The van der Waals surface area contributed by atoms with Crippen LogP contribution < -0.4 is 4.72 Å². The van der Waals surface area contributed by atoms with Gasteiger partial charge in [-0.1, -0.05) is 13.0 Å². The van der Waals surface area contributed by atoms with Gasteiger partial charge in [0, 0.05) is 0 Å². The molecule has 0 unspecified atom stereocenters. The second kappa shape index (κ2) is 5.80. The minimum absolute atomic E-state index is 0.248. The van der Waals surface area contributed by atoms with Gasteiger partial charge in [0.05, 0.1) is 10.5 Å². The Morgan fingerprint density at radius 1 is 1.35 bits per heavy atom. The molecule has 112 valence electrons. The molecule has 0 aliphatic carbocycles. The van der Waals surface area contributed by atoms with Crippen molar-refractivity contribution >= 4 is 16.0 Å². The van der Waals surface area contributed by atoms with Gasteiger partial charge in [0.15, 0.2) is 0 Å². The number of nitrogens with one attached hydrogen (secondary N) is 1. The average molecular weight is 311 g/mol. The van der Waals surface area contributed by atoms with Crippen LogP contribution in [0.5, 0.6) is 0 Å². The van der Waals surface area contributed by atoms with Gasteiger partial charge in [0.1, 0.15) is 6.54 Å². The quantitative estimate of drug-likeness (QED) is 0.868. The first kappa shape index (κ1) is 16.4. The highest BCUT2D eigenvalue weighted by atomic mass is 32.2. The van der Waals surface area contributed by atoms with E-state index in [4.69, 9.17) is 5.11 Å². The Morgan fingerprint density at radius 2 is 1.95 bits per heavy atom. The summed E-state index contributed by atoms with van der Waals surface area (Å²) in [6, 6.07) is 3.19. The van der Waals surface area contributed by atoms with E-state index in [0.29, 0.717) is 12.0 Å². The zero-order valence-corrected chi connectivity index (χ0v) is 11.2. The van der Waals surface area contributed by atoms with Crippen LogP contribution in [0.3, 0.4) is 0 Å². The molecular formula is C11H12F3NO4S. The molecule has 1 aromatic rings. The molecule has 20 heavy (non-hydrogen) atoms. The molecule has 0 saturated heterocycles. The number of halogens is 3. The number of carboxylic acid groups (broad SMARTS) is 1. The molecule has 0 radical (unpaired) electrons. The summed E-state index contributed by atoms with van der Waals surface area (Å²) in [6.07, 6.45) is -4.33. The van der Waals surface area contributed by atoms with E-state index in [0.717, 1.165) is 12.1 Å². The first-order valence-electron chi connectivity index (χ1n) is 5.49. The average Bonchev–Trinajstić information content (AvgIpc) is 2.35. The molecule has 0 aliphatic rings. The van der Waals surface area contributed by atoms with E-state index in [1.54, 1.807) is 6.92 Å². The Balaban J connectivity index is 3.13. The molecule has 0 heterocycles. The van der Waals surface area contributed by atoms with Crippen LogP contribution in [0.2, 0.25) is 0 Å². The molecule has 2 N–H and O–H groups in total. The van der Waals surface area contributed by atoms with E-state index >= 15 is 0 Å². The number of sulfonamides is 1. The third-order valence-electron chi connectivity index (χ3n) is 2.47. The first-order valence-corrected chi connectivity index (χ1v) is 6.98. The van der Waals surface area contributed by atoms with Crippen LogP contribution in [-0.4, -0.2) is 32.2 Å². The fourth-order valence-electron chi connectivity index (χ4n) is 1.49. The summed E-state index contributed by atoms with van der Waals surface area (Å²) in [6.45, 7) is -0.0366. The van der Waals surface area contributed by atoms with E-state index in [2.05, 4.69) is 0 Å². The van der Waals surface area contributed by atoms with Gasteiger partial charge < -0.3 is 5.11 Å². The molecule has 0 aromatic heterocycles. The number of aryl methyl sites for hydroxylation is 1. The standard InChI is InChI=1S/C11H12F3NO4S/c1-2-7-3-4-8(5-9(7)10(16)17)20(18,19)15-6-11(12,13)14/h3-5,15H,2,6H2,1H3,(H,16,17). The van der Waals surface area contributed by atoms with Gasteiger partial charge in [-0.3, -0.25) is 0 Å². The van der Waals surface area contributed by atoms with Crippen molar-refractivity contribution in [1.82, 2.24) is 4.72 Å². The minimum Gasteiger partial charge on any atom is -0.478 e. The third-order valence-corrected chi connectivity index (χ3v) is 3.86. The highest BCUT2D eigenvalue weighted by Gasteiger charge is 2.30. The molecule has 0 amide bonds. The van der Waals surface area contributed by atoms with Crippen molar-refractivity contribution < 1.29 is 31.5 Å². The molecule has 1 rings (SSSR count). The Bertz CT molecular complexity index is 611. The first-order chi connectivity index (χ1) is 9.07. The van der Waals surface area contributed by atoms with Gasteiger partial charge in [-0.15, -0.1) is 0 Å². The smallest absolute Gasteiger partial charge is 0.402 e. The molecule has 1 aromatic carbocycles. The van der Waals surface area contributed by atoms with Gasteiger partial charge in [-0.2, -0.15) is 13.2 Å². The summed E-state index contributed by atoms with van der Waals surface area (Å²) in [5.41, 5.74) is 0.148. The second-order valence-electron chi connectivity index (χ2n) is 3.92. The molecule has 0 atom stereocenters. The number of rotatable bonds is 5.